The molecule has 0 atom stereocenters. The van der Waals surface area contributed by atoms with Gasteiger partial charge in [-0.1, -0.05) is 0 Å². The van der Waals surface area contributed by atoms with E-state index in [2.05, 4.69) is 21.0 Å². The Bertz CT molecular complexity index is 530. The maximum absolute atomic E-state index is 12.0. The van der Waals surface area contributed by atoms with Gasteiger partial charge in [0, 0.05) is 29.0 Å². The number of carbonyl (C=O) groups excluding carboxylic acids is 1. The van der Waals surface area contributed by atoms with Crippen LogP contribution in [0.4, 0.5) is 0 Å². The lowest BCUT2D eigenvalue weighted by atomic mass is 10.1. The van der Waals surface area contributed by atoms with Crippen molar-refractivity contribution in [2.24, 2.45) is 7.05 Å². The van der Waals surface area contributed by atoms with E-state index in [1.807, 2.05) is 25.4 Å². The van der Waals surface area contributed by atoms with Crippen molar-refractivity contribution >= 4 is 33.0 Å². The summed E-state index contributed by atoms with van der Waals surface area (Å²) in [5.74, 6) is 0.119. The lowest BCUT2D eigenvalue weighted by Crippen LogP contribution is -2.03. The zero-order valence-corrected chi connectivity index (χ0v) is 11.4. The summed E-state index contributed by atoms with van der Waals surface area (Å²) < 4.78 is 2.68. The van der Waals surface area contributed by atoms with Crippen LogP contribution in [0.25, 0.3) is 0 Å². The summed E-state index contributed by atoms with van der Waals surface area (Å²) in [5, 5.41) is 6.15. The van der Waals surface area contributed by atoms with Gasteiger partial charge in [-0.05, 0) is 34.3 Å². The number of Topliss-reactive ketones (excluding diaryl/α,β-unsaturated/α-hetero) is 1. The molecule has 5 heteroatoms. The van der Waals surface area contributed by atoms with Crippen LogP contribution >= 0.6 is 27.3 Å². The first-order valence-corrected chi connectivity index (χ1v) is 6.50. The standard InChI is InChI=1S/C11H11BrN2OS/c1-7-8(6-14(2)13-7)10(15)5-11-9(12)3-4-16-11/h3-4,6H,5H2,1-2H3. The maximum atomic E-state index is 12.0. The number of ketones is 1. The van der Waals surface area contributed by atoms with Gasteiger partial charge in [-0.3, -0.25) is 9.48 Å². The van der Waals surface area contributed by atoms with Crippen LogP contribution in [-0.4, -0.2) is 15.6 Å². The molecule has 84 valence electrons. The zero-order valence-electron chi connectivity index (χ0n) is 9.03. The van der Waals surface area contributed by atoms with Crippen LogP contribution < -0.4 is 0 Å². The first kappa shape index (κ1) is 11.5. The minimum absolute atomic E-state index is 0.119. The van der Waals surface area contributed by atoms with E-state index in [0.29, 0.717) is 12.0 Å². The minimum atomic E-state index is 0.119. The Hall–Kier alpha value is -0.940. The van der Waals surface area contributed by atoms with Crippen LogP contribution in [0.5, 0.6) is 0 Å². The van der Waals surface area contributed by atoms with E-state index in [1.165, 1.54) is 0 Å². The number of hydrogen-bond acceptors (Lipinski definition) is 3. The summed E-state index contributed by atoms with van der Waals surface area (Å²) in [5.41, 5.74) is 1.50. The number of aryl methyl sites for hydroxylation is 2. The number of aromatic nitrogens is 2. The minimum Gasteiger partial charge on any atom is -0.294 e. The molecular formula is C11H11BrN2OS. The van der Waals surface area contributed by atoms with Crippen molar-refractivity contribution in [3.05, 3.63) is 38.3 Å². The third-order valence-electron chi connectivity index (χ3n) is 2.33. The normalized spacial score (nSPS) is 10.7. The molecule has 0 radical (unpaired) electrons. The molecule has 2 aromatic heterocycles. The SMILES string of the molecule is Cc1nn(C)cc1C(=O)Cc1sccc1Br. The molecule has 2 heterocycles. The van der Waals surface area contributed by atoms with E-state index in [0.717, 1.165) is 15.0 Å². The van der Waals surface area contributed by atoms with Crippen molar-refractivity contribution < 1.29 is 4.79 Å². The fourth-order valence-corrected chi connectivity index (χ4v) is 3.06. The molecule has 0 saturated carbocycles. The lowest BCUT2D eigenvalue weighted by molar-refractivity contribution is 0.0993. The molecule has 0 aliphatic heterocycles. The summed E-state index contributed by atoms with van der Waals surface area (Å²) in [7, 11) is 1.82. The lowest BCUT2D eigenvalue weighted by Gasteiger charge is -1.97. The first-order chi connectivity index (χ1) is 7.58. The van der Waals surface area contributed by atoms with Gasteiger partial charge in [0.15, 0.2) is 5.78 Å². The van der Waals surface area contributed by atoms with Gasteiger partial charge in [-0.25, -0.2) is 0 Å². The van der Waals surface area contributed by atoms with Gasteiger partial charge in [0.05, 0.1) is 11.3 Å². The number of hydrogen-bond donors (Lipinski definition) is 0. The average Bonchev–Trinajstić information content (AvgIpc) is 2.74. The third kappa shape index (κ3) is 2.25. The van der Waals surface area contributed by atoms with Crippen LogP contribution in [0, 0.1) is 6.92 Å². The highest BCUT2D eigenvalue weighted by molar-refractivity contribution is 9.10. The first-order valence-electron chi connectivity index (χ1n) is 4.83. The molecule has 0 N–H and O–H groups in total. The van der Waals surface area contributed by atoms with Crippen molar-refractivity contribution in [3.8, 4) is 0 Å². The third-order valence-corrected chi connectivity index (χ3v) is 4.25. The molecule has 2 aromatic rings. The van der Waals surface area contributed by atoms with Crippen LogP contribution in [0.1, 0.15) is 20.9 Å². The van der Waals surface area contributed by atoms with Crippen molar-refractivity contribution in [1.29, 1.82) is 0 Å². The van der Waals surface area contributed by atoms with Gasteiger partial charge in [0.1, 0.15) is 0 Å². The smallest absolute Gasteiger partial charge is 0.171 e. The number of halogens is 1. The quantitative estimate of drug-likeness (QED) is 0.817. The largest absolute Gasteiger partial charge is 0.294 e. The van der Waals surface area contributed by atoms with E-state index >= 15 is 0 Å². The topological polar surface area (TPSA) is 34.9 Å². The van der Waals surface area contributed by atoms with E-state index in [-0.39, 0.29) is 5.78 Å². The summed E-state index contributed by atoms with van der Waals surface area (Å²) in [6, 6.07) is 1.96. The molecule has 0 spiro atoms. The van der Waals surface area contributed by atoms with E-state index in [1.54, 1.807) is 22.2 Å². The Kier molecular flexibility index (Phi) is 3.25. The van der Waals surface area contributed by atoms with Crippen molar-refractivity contribution in [1.82, 2.24) is 9.78 Å². The van der Waals surface area contributed by atoms with Crippen LogP contribution in [0.3, 0.4) is 0 Å². The molecule has 0 unspecified atom stereocenters. The Morgan fingerprint density at radius 3 is 2.88 bits per heavy atom. The highest BCUT2D eigenvalue weighted by Gasteiger charge is 2.14. The second-order valence-electron chi connectivity index (χ2n) is 3.59. The number of rotatable bonds is 3. The molecule has 0 bridgehead atoms. The predicted octanol–water partition coefficient (Wildman–Crippen LogP) is 2.98. The molecular weight excluding hydrogens is 288 g/mol. The Balaban J connectivity index is 2.21. The molecule has 2 rings (SSSR count). The van der Waals surface area contributed by atoms with Crippen molar-refractivity contribution in [2.45, 2.75) is 13.3 Å². The molecule has 0 fully saturated rings. The van der Waals surface area contributed by atoms with Crippen molar-refractivity contribution in [2.75, 3.05) is 0 Å². The summed E-state index contributed by atoms with van der Waals surface area (Å²) >= 11 is 5.02. The monoisotopic (exact) mass is 298 g/mol. The van der Waals surface area contributed by atoms with Gasteiger partial charge in [0.2, 0.25) is 0 Å². The van der Waals surface area contributed by atoms with Crippen LogP contribution in [0.15, 0.2) is 22.1 Å². The molecule has 0 aliphatic rings. The van der Waals surface area contributed by atoms with E-state index < -0.39 is 0 Å². The summed E-state index contributed by atoms with van der Waals surface area (Å²) in [6.07, 6.45) is 2.21. The van der Waals surface area contributed by atoms with Crippen LogP contribution in [-0.2, 0) is 13.5 Å². The van der Waals surface area contributed by atoms with Gasteiger partial charge >= 0.3 is 0 Å². The predicted molar refractivity (Wildman–Crippen MR) is 68.0 cm³/mol. The second-order valence-corrected chi connectivity index (χ2v) is 5.45. The van der Waals surface area contributed by atoms with Gasteiger partial charge in [-0.15, -0.1) is 11.3 Å². The van der Waals surface area contributed by atoms with E-state index in [4.69, 9.17) is 0 Å². The maximum Gasteiger partial charge on any atom is 0.171 e. The van der Waals surface area contributed by atoms with Gasteiger partial charge in [0.25, 0.3) is 0 Å². The Labute approximate surface area is 106 Å². The van der Waals surface area contributed by atoms with Crippen molar-refractivity contribution in [3.63, 3.8) is 0 Å². The Morgan fingerprint density at radius 1 is 1.62 bits per heavy atom. The average molecular weight is 299 g/mol. The number of carbonyl (C=O) groups is 1. The summed E-state index contributed by atoms with van der Waals surface area (Å²) in [4.78, 5) is 13.1. The van der Waals surface area contributed by atoms with E-state index in [9.17, 15) is 4.79 Å². The molecule has 0 aromatic carbocycles. The number of nitrogens with zero attached hydrogens (tertiary/aromatic N) is 2. The molecule has 0 aliphatic carbocycles. The molecule has 0 amide bonds. The highest BCUT2D eigenvalue weighted by atomic mass is 79.9. The van der Waals surface area contributed by atoms with Gasteiger partial charge < -0.3 is 0 Å². The highest BCUT2D eigenvalue weighted by Crippen LogP contribution is 2.24. The fourth-order valence-electron chi connectivity index (χ4n) is 1.57. The number of thiophene rings is 1. The van der Waals surface area contributed by atoms with Gasteiger partial charge in [-0.2, -0.15) is 5.10 Å². The molecule has 0 saturated heterocycles. The molecule has 3 nitrogen and oxygen atoms in total. The summed E-state index contributed by atoms with van der Waals surface area (Å²) in [6.45, 7) is 1.86. The second kappa shape index (κ2) is 4.51. The van der Waals surface area contributed by atoms with Crippen LogP contribution in [0.2, 0.25) is 0 Å². The Morgan fingerprint density at radius 2 is 2.38 bits per heavy atom. The molecule has 16 heavy (non-hydrogen) atoms. The zero-order chi connectivity index (χ0) is 11.7. The fraction of sp³-hybridized carbons (Fsp3) is 0.273.